The molecule has 4 rings (SSSR count). The van der Waals surface area contributed by atoms with E-state index in [9.17, 15) is 19.5 Å². The van der Waals surface area contributed by atoms with E-state index in [2.05, 4.69) is 10.6 Å². The molecule has 3 N–H and O–H groups in total. The Hall–Kier alpha value is -2.67. The summed E-state index contributed by atoms with van der Waals surface area (Å²) in [6.07, 6.45) is 6.59. The third kappa shape index (κ3) is 4.66. The molecule has 31 heavy (non-hydrogen) atoms. The van der Waals surface area contributed by atoms with Crippen molar-refractivity contribution < 1.29 is 19.5 Å². The van der Waals surface area contributed by atoms with E-state index >= 15 is 0 Å². The van der Waals surface area contributed by atoms with Crippen molar-refractivity contribution in [2.75, 3.05) is 10.6 Å². The topological polar surface area (TPSA) is 95.5 Å². The van der Waals surface area contributed by atoms with Crippen molar-refractivity contribution in [3.05, 3.63) is 45.8 Å². The monoisotopic (exact) mass is 440 g/mol. The van der Waals surface area contributed by atoms with Gasteiger partial charge in [-0.25, -0.2) is 0 Å². The summed E-state index contributed by atoms with van der Waals surface area (Å²) in [6.45, 7) is 1.97. The first kappa shape index (κ1) is 21.6. The van der Waals surface area contributed by atoms with Crippen LogP contribution in [0, 0.1) is 18.8 Å². The minimum Gasteiger partial charge on any atom is -0.481 e. The molecular formula is C24H28N2O4S. The second-order valence-corrected chi connectivity index (χ2v) is 9.67. The van der Waals surface area contributed by atoms with Gasteiger partial charge in [0.05, 0.1) is 17.4 Å². The Bertz CT molecular complexity index is 1010. The number of carboxylic acids is 1. The smallest absolute Gasteiger partial charge is 0.307 e. The summed E-state index contributed by atoms with van der Waals surface area (Å²) >= 11 is 1.47. The number of carbonyl (C=O) groups excluding carboxylic acids is 2. The number of carbonyl (C=O) groups is 3. The van der Waals surface area contributed by atoms with E-state index in [4.69, 9.17) is 0 Å². The molecule has 2 atom stereocenters. The normalized spacial score (nSPS) is 20.5. The fourth-order valence-corrected chi connectivity index (χ4v) is 6.05. The number of benzene rings is 1. The molecule has 0 spiro atoms. The predicted molar refractivity (Wildman–Crippen MR) is 122 cm³/mol. The van der Waals surface area contributed by atoms with Gasteiger partial charge < -0.3 is 15.7 Å². The predicted octanol–water partition coefficient (Wildman–Crippen LogP) is 5.02. The van der Waals surface area contributed by atoms with Crippen LogP contribution in [0.3, 0.4) is 0 Å². The molecule has 1 fully saturated rings. The summed E-state index contributed by atoms with van der Waals surface area (Å²) in [5, 5.41) is 16.0. The molecule has 6 nitrogen and oxygen atoms in total. The molecule has 1 aromatic heterocycles. The Morgan fingerprint density at radius 1 is 1.00 bits per heavy atom. The van der Waals surface area contributed by atoms with Gasteiger partial charge in [0, 0.05) is 10.6 Å². The van der Waals surface area contributed by atoms with Crippen LogP contribution >= 0.6 is 11.3 Å². The number of rotatable bonds is 5. The Morgan fingerprint density at radius 3 is 2.48 bits per heavy atom. The maximum atomic E-state index is 13.3. The summed E-state index contributed by atoms with van der Waals surface area (Å²) in [7, 11) is 0. The zero-order valence-electron chi connectivity index (χ0n) is 17.7. The van der Waals surface area contributed by atoms with E-state index in [0.717, 1.165) is 60.2 Å². The zero-order valence-corrected chi connectivity index (χ0v) is 18.5. The van der Waals surface area contributed by atoms with Crippen LogP contribution in [0.1, 0.15) is 64.9 Å². The third-order valence-corrected chi connectivity index (χ3v) is 7.54. The average molecular weight is 441 g/mol. The van der Waals surface area contributed by atoms with Crippen LogP contribution in [0.25, 0.3) is 0 Å². The van der Waals surface area contributed by atoms with E-state index in [1.54, 1.807) is 0 Å². The molecule has 1 saturated carbocycles. The maximum absolute atomic E-state index is 13.3. The number of thiophene rings is 1. The minimum atomic E-state index is -0.914. The standard InChI is InChI=1S/C24H28N2O4S/c1-14-7-6-8-15(13-14)25-22(28)20-18-11-4-5-12-19(18)31-23(20)26-21(27)16-9-2-3-10-17(16)24(29)30/h6-8,13,16-17H,2-5,9-12H2,1H3,(H,25,28)(H,26,27)(H,29,30). The number of carboxylic acid groups (broad SMARTS) is 1. The lowest BCUT2D eigenvalue weighted by atomic mass is 9.78. The molecule has 0 bridgehead atoms. The van der Waals surface area contributed by atoms with Gasteiger partial charge in [-0.15, -0.1) is 11.3 Å². The van der Waals surface area contributed by atoms with Crippen LogP contribution in [-0.4, -0.2) is 22.9 Å². The van der Waals surface area contributed by atoms with Crippen molar-refractivity contribution in [1.82, 2.24) is 0 Å². The quantitative estimate of drug-likeness (QED) is 0.608. The molecule has 7 heteroatoms. The van der Waals surface area contributed by atoms with Crippen LogP contribution in [0.2, 0.25) is 0 Å². The largest absolute Gasteiger partial charge is 0.481 e. The number of hydrogen-bond donors (Lipinski definition) is 3. The minimum absolute atomic E-state index is 0.223. The summed E-state index contributed by atoms with van der Waals surface area (Å²) in [5.74, 6) is -2.64. The highest BCUT2D eigenvalue weighted by atomic mass is 32.1. The molecule has 2 unspecified atom stereocenters. The lowest BCUT2D eigenvalue weighted by Crippen LogP contribution is -2.36. The van der Waals surface area contributed by atoms with Gasteiger partial charge in [0.25, 0.3) is 5.91 Å². The van der Waals surface area contributed by atoms with E-state index in [0.29, 0.717) is 23.4 Å². The van der Waals surface area contributed by atoms with Crippen LogP contribution in [0.5, 0.6) is 0 Å². The first-order valence-electron chi connectivity index (χ1n) is 11.0. The molecule has 2 amide bonds. The molecule has 2 aliphatic rings. The van der Waals surface area contributed by atoms with Gasteiger partial charge >= 0.3 is 5.97 Å². The van der Waals surface area contributed by atoms with E-state index in [-0.39, 0.29) is 11.8 Å². The van der Waals surface area contributed by atoms with Gasteiger partial charge in [0.2, 0.25) is 5.91 Å². The Kier molecular flexibility index (Phi) is 6.41. The Labute approximate surface area is 186 Å². The lowest BCUT2D eigenvalue weighted by molar-refractivity contribution is -0.147. The van der Waals surface area contributed by atoms with Crippen molar-refractivity contribution in [1.29, 1.82) is 0 Å². The number of anilines is 2. The van der Waals surface area contributed by atoms with Gasteiger partial charge in [-0.1, -0.05) is 25.0 Å². The number of nitrogens with one attached hydrogen (secondary N) is 2. The summed E-state index contributed by atoms with van der Waals surface area (Å²) in [6, 6.07) is 7.62. The summed E-state index contributed by atoms with van der Waals surface area (Å²) in [5.41, 5.74) is 3.33. The van der Waals surface area contributed by atoms with E-state index in [1.807, 2.05) is 31.2 Å². The van der Waals surface area contributed by atoms with E-state index < -0.39 is 17.8 Å². The molecule has 2 aromatic rings. The SMILES string of the molecule is Cc1cccc(NC(=O)c2c(NC(=O)C3CCCCC3C(=O)O)sc3c2CCCC3)c1. The van der Waals surface area contributed by atoms with Crippen LogP contribution in [-0.2, 0) is 22.4 Å². The van der Waals surface area contributed by atoms with Crippen molar-refractivity contribution in [2.45, 2.75) is 58.3 Å². The van der Waals surface area contributed by atoms with Gasteiger partial charge in [-0.05, 0) is 68.7 Å². The summed E-state index contributed by atoms with van der Waals surface area (Å²) < 4.78 is 0. The second kappa shape index (κ2) is 9.22. The highest BCUT2D eigenvalue weighted by Crippen LogP contribution is 2.40. The first-order chi connectivity index (χ1) is 14.9. The number of fused-ring (bicyclic) bond motifs is 1. The van der Waals surface area contributed by atoms with Gasteiger partial charge in [0.1, 0.15) is 5.00 Å². The van der Waals surface area contributed by atoms with Crippen molar-refractivity contribution in [3.63, 3.8) is 0 Å². The first-order valence-corrected chi connectivity index (χ1v) is 11.8. The highest BCUT2D eigenvalue weighted by Gasteiger charge is 2.37. The zero-order chi connectivity index (χ0) is 22.0. The van der Waals surface area contributed by atoms with Crippen molar-refractivity contribution >= 4 is 39.8 Å². The van der Waals surface area contributed by atoms with E-state index in [1.165, 1.54) is 11.3 Å². The number of hydrogen-bond acceptors (Lipinski definition) is 4. The van der Waals surface area contributed by atoms with Crippen LogP contribution in [0.15, 0.2) is 24.3 Å². The Balaban J connectivity index is 1.61. The van der Waals surface area contributed by atoms with Gasteiger partial charge in [-0.3, -0.25) is 14.4 Å². The molecule has 1 aromatic carbocycles. The second-order valence-electron chi connectivity index (χ2n) is 8.56. The fraction of sp³-hybridized carbons (Fsp3) is 0.458. The fourth-order valence-electron chi connectivity index (χ4n) is 4.76. The summed E-state index contributed by atoms with van der Waals surface area (Å²) in [4.78, 5) is 39.1. The molecule has 2 aliphatic carbocycles. The molecule has 164 valence electrons. The Morgan fingerprint density at radius 2 is 1.74 bits per heavy atom. The number of amides is 2. The maximum Gasteiger partial charge on any atom is 0.307 e. The average Bonchev–Trinajstić information content (AvgIpc) is 3.11. The highest BCUT2D eigenvalue weighted by molar-refractivity contribution is 7.17. The number of aryl methyl sites for hydroxylation is 2. The molecule has 0 radical (unpaired) electrons. The molecule has 0 saturated heterocycles. The van der Waals surface area contributed by atoms with Crippen LogP contribution < -0.4 is 10.6 Å². The number of aliphatic carboxylic acids is 1. The molecular weight excluding hydrogens is 412 g/mol. The lowest BCUT2D eigenvalue weighted by Gasteiger charge is -2.27. The molecule has 0 aliphatic heterocycles. The van der Waals surface area contributed by atoms with Gasteiger partial charge in [-0.2, -0.15) is 0 Å². The van der Waals surface area contributed by atoms with Gasteiger partial charge in [0.15, 0.2) is 0 Å². The van der Waals surface area contributed by atoms with Crippen LogP contribution in [0.4, 0.5) is 10.7 Å². The molecule has 1 heterocycles. The third-order valence-electron chi connectivity index (χ3n) is 6.33. The van der Waals surface area contributed by atoms with Crippen molar-refractivity contribution in [3.8, 4) is 0 Å². The van der Waals surface area contributed by atoms with Crippen molar-refractivity contribution in [2.24, 2.45) is 11.8 Å².